The van der Waals surface area contributed by atoms with Gasteiger partial charge in [0, 0.05) is 10.9 Å². The standard InChI is InChI=1S/C15H17FN2O3/c1-7(2)13(15(20)21)18-14(19)12-6-10-8(3)4-9(16)5-11(10)17-12/h4-7,13,17H,1-3H3,(H,18,19)(H,20,21)/t13-/m0/s1. The van der Waals surface area contributed by atoms with Crippen LogP contribution < -0.4 is 5.32 Å². The van der Waals surface area contributed by atoms with Crippen LogP contribution in [0.3, 0.4) is 0 Å². The smallest absolute Gasteiger partial charge is 0.326 e. The van der Waals surface area contributed by atoms with Crippen molar-refractivity contribution in [2.24, 2.45) is 5.92 Å². The summed E-state index contributed by atoms with van der Waals surface area (Å²) < 4.78 is 13.3. The summed E-state index contributed by atoms with van der Waals surface area (Å²) in [7, 11) is 0. The second kappa shape index (κ2) is 5.55. The number of rotatable bonds is 4. The number of amides is 1. The normalized spacial score (nSPS) is 12.6. The van der Waals surface area contributed by atoms with E-state index in [4.69, 9.17) is 5.11 Å². The molecule has 21 heavy (non-hydrogen) atoms. The molecule has 0 saturated carbocycles. The van der Waals surface area contributed by atoms with E-state index in [9.17, 15) is 14.0 Å². The van der Waals surface area contributed by atoms with Crippen LogP contribution in [0.4, 0.5) is 4.39 Å². The lowest BCUT2D eigenvalue weighted by molar-refractivity contribution is -0.140. The van der Waals surface area contributed by atoms with Crippen molar-refractivity contribution >= 4 is 22.8 Å². The minimum atomic E-state index is -1.09. The third-order valence-electron chi connectivity index (χ3n) is 3.37. The molecule has 112 valence electrons. The van der Waals surface area contributed by atoms with E-state index in [0.717, 1.165) is 5.39 Å². The molecule has 0 fully saturated rings. The molecule has 1 amide bonds. The van der Waals surface area contributed by atoms with Gasteiger partial charge in [-0.25, -0.2) is 9.18 Å². The van der Waals surface area contributed by atoms with Gasteiger partial charge in [0.25, 0.3) is 5.91 Å². The van der Waals surface area contributed by atoms with Gasteiger partial charge < -0.3 is 15.4 Å². The van der Waals surface area contributed by atoms with Gasteiger partial charge >= 0.3 is 5.97 Å². The number of carboxylic acids is 1. The first-order valence-corrected chi connectivity index (χ1v) is 6.62. The fourth-order valence-electron chi connectivity index (χ4n) is 2.23. The molecule has 0 aliphatic rings. The Bertz CT molecular complexity index is 706. The summed E-state index contributed by atoms with van der Waals surface area (Å²) >= 11 is 0. The van der Waals surface area contributed by atoms with Crippen LogP contribution in [0.25, 0.3) is 10.9 Å². The lowest BCUT2D eigenvalue weighted by Crippen LogP contribution is -2.44. The number of nitrogens with one attached hydrogen (secondary N) is 2. The Kier molecular flexibility index (Phi) is 3.97. The molecule has 0 bridgehead atoms. The van der Waals surface area contributed by atoms with Gasteiger partial charge in [0.05, 0.1) is 0 Å². The van der Waals surface area contributed by atoms with Crippen LogP contribution in [0, 0.1) is 18.7 Å². The topological polar surface area (TPSA) is 82.2 Å². The summed E-state index contributed by atoms with van der Waals surface area (Å²) in [5.74, 6) is -2.24. The van der Waals surface area contributed by atoms with Gasteiger partial charge in [-0.2, -0.15) is 0 Å². The Hall–Kier alpha value is -2.37. The number of aromatic amines is 1. The summed E-state index contributed by atoms with van der Waals surface area (Å²) in [6.07, 6.45) is 0. The van der Waals surface area contributed by atoms with Gasteiger partial charge in [-0.3, -0.25) is 4.79 Å². The first kappa shape index (κ1) is 15.0. The first-order valence-electron chi connectivity index (χ1n) is 6.62. The van der Waals surface area contributed by atoms with Crippen molar-refractivity contribution < 1.29 is 19.1 Å². The van der Waals surface area contributed by atoms with Gasteiger partial charge in [-0.15, -0.1) is 0 Å². The van der Waals surface area contributed by atoms with Crippen molar-refractivity contribution in [3.8, 4) is 0 Å². The summed E-state index contributed by atoms with van der Waals surface area (Å²) in [4.78, 5) is 26.0. The van der Waals surface area contributed by atoms with E-state index in [1.807, 2.05) is 0 Å². The lowest BCUT2D eigenvalue weighted by Gasteiger charge is -2.17. The number of hydrogen-bond acceptors (Lipinski definition) is 2. The maximum atomic E-state index is 13.3. The van der Waals surface area contributed by atoms with Crippen molar-refractivity contribution in [2.75, 3.05) is 0 Å². The molecule has 0 aliphatic heterocycles. The molecule has 1 aromatic carbocycles. The predicted molar refractivity (Wildman–Crippen MR) is 76.7 cm³/mol. The molecule has 0 spiro atoms. The van der Waals surface area contributed by atoms with Crippen LogP contribution in [0.1, 0.15) is 29.9 Å². The van der Waals surface area contributed by atoms with E-state index in [2.05, 4.69) is 10.3 Å². The van der Waals surface area contributed by atoms with Crippen molar-refractivity contribution in [3.63, 3.8) is 0 Å². The Labute approximate surface area is 121 Å². The highest BCUT2D eigenvalue weighted by Gasteiger charge is 2.24. The summed E-state index contributed by atoms with van der Waals surface area (Å²) in [6.45, 7) is 5.17. The highest BCUT2D eigenvalue weighted by Crippen LogP contribution is 2.21. The lowest BCUT2D eigenvalue weighted by atomic mass is 10.0. The Morgan fingerprint density at radius 1 is 1.29 bits per heavy atom. The fraction of sp³-hybridized carbons (Fsp3) is 0.333. The van der Waals surface area contributed by atoms with E-state index in [1.165, 1.54) is 12.1 Å². The maximum absolute atomic E-state index is 13.3. The molecule has 0 unspecified atom stereocenters. The quantitative estimate of drug-likeness (QED) is 0.809. The van der Waals surface area contributed by atoms with Gasteiger partial charge in [0.15, 0.2) is 0 Å². The van der Waals surface area contributed by atoms with E-state index in [-0.39, 0.29) is 17.4 Å². The Morgan fingerprint density at radius 2 is 1.95 bits per heavy atom. The number of halogens is 1. The third kappa shape index (κ3) is 3.04. The average molecular weight is 292 g/mol. The molecular formula is C15H17FN2O3. The number of aliphatic carboxylic acids is 1. The molecule has 1 aromatic heterocycles. The molecular weight excluding hydrogens is 275 g/mol. The zero-order valence-corrected chi connectivity index (χ0v) is 12.0. The van der Waals surface area contributed by atoms with Gasteiger partial charge in [-0.05, 0) is 36.6 Å². The van der Waals surface area contributed by atoms with E-state index >= 15 is 0 Å². The molecule has 0 radical (unpaired) electrons. The number of aromatic nitrogens is 1. The van der Waals surface area contributed by atoms with Crippen LogP contribution >= 0.6 is 0 Å². The number of aryl methyl sites for hydroxylation is 1. The number of H-pyrrole nitrogens is 1. The van der Waals surface area contributed by atoms with Crippen LogP contribution in [0.2, 0.25) is 0 Å². The summed E-state index contributed by atoms with van der Waals surface area (Å²) in [5.41, 5.74) is 1.43. The largest absolute Gasteiger partial charge is 0.480 e. The van der Waals surface area contributed by atoms with Crippen molar-refractivity contribution in [3.05, 3.63) is 35.3 Å². The van der Waals surface area contributed by atoms with Gasteiger partial charge in [0.2, 0.25) is 0 Å². The third-order valence-corrected chi connectivity index (χ3v) is 3.37. The molecule has 2 rings (SSSR count). The van der Waals surface area contributed by atoms with Gasteiger partial charge in [-0.1, -0.05) is 13.8 Å². The monoisotopic (exact) mass is 292 g/mol. The average Bonchev–Trinajstić information content (AvgIpc) is 2.78. The van der Waals surface area contributed by atoms with E-state index in [1.54, 1.807) is 26.8 Å². The van der Waals surface area contributed by atoms with Crippen LogP contribution in [0.5, 0.6) is 0 Å². The molecule has 1 heterocycles. The highest BCUT2D eigenvalue weighted by atomic mass is 19.1. The second-order valence-electron chi connectivity index (χ2n) is 5.40. The number of fused-ring (bicyclic) bond motifs is 1. The number of benzene rings is 1. The molecule has 2 aromatic rings. The number of carbonyl (C=O) groups excluding carboxylic acids is 1. The molecule has 3 N–H and O–H groups in total. The second-order valence-corrected chi connectivity index (χ2v) is 5.40. The zero-order valence-electron chi connectivity index (χ0n) is 12.0. The molecule has 5 nitrogen and oxygen atoms in total. The number of carboxylic acid groups (broad SMARTS) is 1. The van der Waals surface area contributed by atoms with Crippen LogP contribution in [-0.4, -0.2) is 28.0 Å². The van der Waals surface area contributed by atoms with E-state index < -0.39 is 17.9 Å². The molecule has 6 heteroatoms. The minimum absolute atomic E-state index is 0.214. The van der Waals surface area contributed by atoms with Gasteiger partial charge in [0.1, 0.15) is 17.6 Å². The predicted octanol–water partition coefficient (Wildman–Crippen LogP) is 2.45. The van der Waals surface area contributed by atoms with Crippen molar-refractivity contribution in [1.82, 2.24) is 10.3 Å². The SMILES string of the molecule is Cc1cc(F)cc2[nH]c(C(=O)N[C@H](C(=O)O)C(C)C)cc12. The molecule has 0 saturated heterocycles. The summed E-state index contributed by atoms with van der Waals surface area (Å²) in [6, 6.07) is 3.31. The van der Waals surface area contributed by atoms with Crippen LogP contribution in [0.15, 0.2) is 18.2 Å². The highest BCUT2D eigenvalue weighted by molar-refractivity contribution is 6.00. The van der Waals surface area contributed by atoms with Crippen molar-refractivity contribution in [1.29, 1.82) is 0 Å². The number of carbonyl (C=O) groups is 2. The van der Waals surface area contributed by atoms with Crippen molar-refractivity contribution in [2.45, 2.75) is 26.8 Å². The zero-order chi connectivity index (χ0) is 15.7. The number of hydrogen-bond donors (Lipinski definition) is 3. The van der Waals surface area contributed by atoms with E-state index in [0.29, 0.717) is 11.1 Å². The first-order chi connectivity index (χ1) is 9.79. The maximum Gasteiger partial charge on any atom is 0.326 e. The fourth-order valence-corrected chi connectivity index (χ4v) is 2.23. The Balaban J connectivity index is 2.31. The van der Waals surface area contributed by atoms with Crippen LogP contribution in [-0.2, 0) is 4.79 Å². The Morgan fingerprint density at radius 3 is 2.52 bits per heavy atom. The minimum Gasteiger partial charge on any atom is -0.480 e. The molecule has 1 atom stereocenters. The summed E-state index contributed by atoms with van der Waals surface area (Å²) in [5, 5.41) is 12.3. The molecule has 0 aliphatic carbocycles.